The van der Waals surface area contributed by atoms with Gasteiger partial charge in [0.05, 0.1) is 12.8 Å². The van der Waals surface area contributed by atoms with Crippen LogP contribution in [0.4, 0.5) is 5.69 Å². The number of furan rings is 1. The lowest BCUT2D eigenvalue weighted by atomic mass is 10.1. The van der Waals surface area contributed by atoms with Crippen LogP contribution in [0.1, 0.15) is 47.2 Å². The number of nitrogens with one attached hydrogen (secondary N) is 2. The molecule has 1 aliphatic rings. The second-order valence-corrected chi connectivity index (χ2v) is 9.22. The molecule has 4 rings (SSSR count). The van der Waals surface area contributed by atoms with Crippen molar-refractivity contribution < 1.29 is 18.8 Å². The largest absolute Gasteiger partial charge is 0.459 e. The Kier molecular flexibility index (Phi) is 7.47. The highest BCUT2D eigenvalue weighted by Crippen LogP contribution is 2.32. The number of amides is 3. The van der Waals surface area contributed by atoms with E-state index in [0.717, 1.165) is 30.6 Å². The molecule has 3 aromatic rings. The predicted octanol–water partition coefficient (Wildman–Crippen LogP) is 4.56. The smallest absolute Gasteiger partial charge is 0.287 e. The van der Waals surface area contributed by atoms with Gasteiger partial charge in [-0.2, -0.15) is 0 Å². The monoisotopic (exact) mass is 485 g/mol. The Balaban J connectivity index is 1.63. The molecular formula is C24H24ClN3O4S. The van der Waals surface area contributed by atoms with Gasteiger partial charge in [-0.3, -0.25) is 19.3 Å². The van der Waals surface area contributed by atoms with Crippen molar-refractivity contribution in [3.63, 3.8) is 0 Å². The predicted molar refractivity (Wildman–Crippen MR) is 127 cm³/mol. The fourth-order valence-corrected chi connectivity index (χ4v) is 4.88. The molecule has 2 N–H and O–H groups in total. The van der Waals surface area contributed by atoms with Gasteiger partial charge < -0.3 is 15.1 Å². The van der Waals surface area contributed by atoms with Crippen molar-refractivity contribution in [2.24, 2.45) is 0 Å². The number of rotatable bonds is 8. The quantitative estimate of drug-likeness (QED) is 0.489. The molecule has 0 aliphatic heterocycles. The molecule has 7 nitrogen and oxygen atoms in total. The molecule has 0 spiro atoms. The van der Waals surface area contributed by atoms with E-state index in [-0.39, 0.29) is 24.3 Å². The van der Waals surface area contributed by atoms with Crippen LogP contribution >= 0.6 is 22.9 Å². The summed E-state index contributed by atoms with van der Waals surface area (Å²) in [6.45, 7) is -0.305. The number of carbonyl (C=O) groups excluding carboxylic acids is 3. The Hall–Kier alpha value is -3.10. The minimum Gasteiger partial charge on any atom is -0.459 e. The number of thiophene rings is 1. The highest BCUT2D eigenvalue weighted by molar-refractivity contribution is 7.10. The second kappa shape index (κ2) is 10.7. The third-order valence-corrected chi connectivity index (χ3v) is 6.72. The summed E-state index contributed by atoms with van der Waals surface area (Å²) in [5.74, 6) is -1.08. The van der Waals surface area contributed by atoms with Crippen LogP contribution in [0.15, 0.2) is 64.6 Å². The molecule has 9 heteroatoms. The van der Waals surface area contributed by atoms with Crippen molar-refractivity contribution in [1.82, 2.24) is 10.6 Å². The van der Waals surface area contributed by atoms with E-state index in [9.17, 15) is 14.4 Å². The lowest BCUT2D eigenvalue weighted by Gasteiger charge is -2.31. The molecule has 0 unspecified atom stereocenters. The number of hydrogen-bond acceptors (Lipinski definition) is 5. The van der Waals surface area contributed by atoms with Crippen molar-refractivity contribution >= 4 is 46.3 Å². The van der Waals surface area contributed by atoms with Crippen LogP contribution in [0.2, 0.25) is 5.02 Å². The van der Waals surface area contributed by atoms with Gasteiger partial charge in [0.2, 0.25) is 11.8 Å². The van der Waals surface area contributed by atoms with Crippen molar-refractivity contribution in [3.8, 4) is 0 Å². The first-order valence-electron chi connectivity index (χ1n) is 10.8. The number of halogens is 1. The zero-order valence-electron chi connectivity index (χ0n) is 17.8. The summed E-state index contributed by atoms with van der Waals surface area (Å²) < 4.78 is 5.09. The Morgan fingerprint density at radius 3 is 2.48 bits per heavy atom. The molecule has 0 bridgehead atoms. The minimum atomic E-state index is -0.875. The molecular weight excluding hydrogens is 462 g/mol. The van der Waals surface area contributed by atoms with E-state index in [1.165, 1.54) is 28.6 Å². The van der Waals surface area contributed by atoms with Crippen molar-refractivity contribution in [2.45, 2.75) is 37.8 Å². The van der Waals surface area contributed by atoms with Crippen molar-refractivity contribution in [3.05, 3.63) is 75.8 Å². The van der Waals surface area contributed by atoms with Crippen molar-refractivity contribution in [1.29, 1.82) is 0 Å². The van der Waals surface area contributed by atoms with Crippen LogP contribution in [0.25, 0.3) is 0 Å². The first-order chi connectivity index (χ1) is 16.0. The van der Waals surface area contributed by atoms with Crippen LogP contribution in [0.3, 0.4) is 0 Å². The second-order valence-electron chi connectivity index (χ2n) is 7.81. The maximum absolute atomic E-state index is 13.5. The van der Waals surface area contributed by atoms with Crippen molar-refractivity contribution in [2.75, 3.05) is 11.4 Å². The van der Waals surface area contributed by atoms with E-state index < -0.39 is 17.9 Å². The van der Waals surface area contributed by atoms with Crippen LogP contribution in [0, 0.1) is 0 Å². The van der Waals surface area contributed by atoms with E-state index in [1.54, 1.807) is 30.3 Å². The van der Waals surface area contributed by atoms with E-state index in [1.807, 2.05) is 17.5 Å². The average molecular weight is 486 g/mol. The molecule has 3 amide bonds. The maximum Gasteiger partial charge on any atom is 0.287 e. The molecule has 33 heavy (non-hydrogen) atoms. The topological polar surface area (TPSA) is 91.7 Å². The van der Waals surface area contributed by atoms with E-state index in [2.05, 4.69) is 10.6 Å². The molecule has 1 aromatic carbocycles. The molecule has 0 saturated heterocycles. The number of hydrogen-bond donors (Lipinski definition) is 2. The van der Waals surface area contributed by atoms with E-state index in [4.69, 9.17) is 16.0 Å². The van der Waals surface area contributed by atoms with Gasteiger partial charge in [0, 0.05) is 21.6 Å². The molecule has 1 fully saturated rings. The number of benzene rings is 1. The summed E-state index contributed by atoms with van der Waals surface area (Å²) in [6.07, 6.45) is 5.39. The molecule has 1 aliphatic carbocycles. The average Bonchev–Trinajstić information content (AvgIpc) is 3.60. The lowest BCUT2D eigenvalue weighted by molar-refractivity contribution is -0.126. The highest BCUT2D eigenvalue weighted by Gasteiger charge is 2.35. The third-order valence-electron chi connectivity index (χ3n) is 5.54. The molecule has 1 saturated carbocycles. The molecule has 1 atom stereocenters. The van der Waals surface area contributed by atoms with Crippen LogP contribution < -0.4 is 15.5 Å². The highest BCUT2D eigenvalue weighted by atomic mass is 35.5. The fraction of sp³-hybridized carbons (Fsp3) is 0.292. The summed E-state index contributed by atoms with van der Waals surface area (Å²) in [5, 5.41) is 8.08. The van der Waals surface area contributed by atoms with Gasteiger partial charge in [-0.15, -0.1) is 11.3 Å². The first-order valence-corrected chi connectivity index (χ1v) is 12.0. The standard InChI is InChI=1S/C24H24ClN3O4S/c25-16-9-11-18(12-10-16)28(21(29)15-26-23(30)19-7-3-13-32-19)22(20-8-4-14-33-20)24(31)27-17-5-1-2-6-17/h3-4,7-14,17,22H,1-2,5-6,15H2,(H,26,30)(H,27,31)/t22-/m1/s1. The van der Waals surface area contributed by atoms with Gasteiger partial charge in [0.1, 0.15) is 6.04 Å². The number of nitrogens with zero attached hydrogens (tertiary/aromatic N) is 1. The SMILES string of the molecule is O=C(NCC(=O)N(c1ccc(Cl)cc1)[C@@H](C(=O)NC1CCCC1)c1cccs1)c1ccco1. The van der Waals surface area contributed by atoms with Crippen LogP contribution in [-0.4, -0.2) is 30.3 Å². The minimum absolute atomic E-state index is 0.0980. The lowest BCUT2D eigenvalue weighted by Crippen LogP contribution is -2.48. The fourth-order valence-electron chi connectivity index (χ4n) is 3.95. The van der Waals surface area contributed by atoms with Crippen LogP contribution in [-0.2, 0) is 9.59 Å². The molecule has 2 heterocycles. The Labute approximate surface area is 200 Å². The Bertz CT molecular complexity index is 1080. The Morgan fingerprint density at radius 2 is 1.85 bits per heavy atom. The first kappa shape index (κ1) is 23.1. The third kappa shape index (κ3) is 5.64. The van der Waals surface area contributed by atoms with Gasteiger partial charge in [-0.25, -0.2) is 0 Å². The Morgan fingerprint density at radius 1 is 1.09 bits per heavy atom. The van der Waals surface area contributed by atoms with E-state index >= 15 is 0 Å². The maximum atomic E-state index is 13.5. The molecule has 172 valence electrons. The zero-order valence-corrected chi connectivity index (χ0v) is 19.4. The van der Waals surface area contributed by atoms with Gasteiger partial charge in [0.15, 0.2) is 5.76 Å². The number of carbonyl (C=O) groups is 3. The summed E-state index contributed by atoms with van der Waals surface area (Å²) in [4.78, 5) is 41.4. The van der Waals surface area contributed by atoms with Gasteiger partial charge >= 0.3 is 0 Å². The summed E-state index contributed by atoms with van der Waals surface area (Å²) in [6, 6.07) is 12.7. The zero-order chi connectivity index (χ0) is 23.2. The summed E-state index contributed by atoms with van der Waals surface area (Å²) in [7, 11) is 0. The van der Waals surface area contributed by atoms with E-state index in [0.29, 0.717) is 10.7 Å². The van der Waals surface area contributed by atoms with Crippen LogP contribution in [0.5, 0.6) is 0 Å². The summed E-state index contributed by atoms with van der Waals surface area (Å²) in [5.41, 5.74) is 0.511. The molecule has 2 aromatic heterocycles. The summed E-state index contributed by atoms with van der Waals surface area (Å²) >= 11 is 7.46. The normalized spacial score (nSPS) is 14.6. The van der Waals surface area contributed by atoms with Gasteiger partial charge in [0.25, 0.3) is 5.91 Å². The number of anilines is 1. The van der Waals surface area contributed by atoms with Gasteiger partial charge in [-0.1, -0.05) is 30.5 Å². The molecule has 0 radical (unpaired) electrons. The van der Waals surface area contributed by atoms with Gasteiger partial charge in [-0.05, 0) is 60.7 Å².